The highest BCUT2D eigenvalue weighted by atomic mass is 19.1. The summed E-state index contributed by atoms with van der Waals surface area (Å²) < 4.78 is 19.5. The maximum atomic E-state index is 12.9. The van der Waals surface area contributed by atoms with Crippen molar-refractivity contribution in [1.29, 1.82) is 0 Å². The first-order chi connectivity index (χ1) is 13.0. The number of carbonyl (C=O) groups is 1. The second kappa shape index (κ2) is 7.99. The summed E-state index contributed by atoms with van der Waals surface area (Å²) in [6.07, 6.45) is 0. The molecule has 0 atom stereocenters. The van der Waals surface area contributed by atoms with Crippen LogP contribution in [0.5, 0.6) is 5.75 Å². The van der Waals surface area contributed by atoms with Gasteiger partial charge < -0.3 is 9.64 Å². The zero-order valence-corrected chi connectivity index (χ0v) is 15.2. The summed E-state index contributed by atoms with van der Waals surface area (Å²) in [7, 11) is 1.63. The first-order valence-electron chi connectivity index (χ1n) is 8.54. The number of ether oxygens (including phenoxy) is 1. The lowest BCUT2D eigenvalue weighted by molar-refractivity contribution is -0.131. The monoisotopic (exact) mass is 369 g/mol. The van der Waals surface area contributed by atoms with E-state index in [2.05, 4.69) is 5.10 Å². The van der Waals surface area contributed by atoms with Crippen molar-refractivity contribution in [2.75, 3.05) is 20.2 Å². The minimum absolute atomic E-state index is 0.141. The van der Waals surface area contributed by atoms with Crippen LogP contribution in [0.3, 0.4) is 0 Å². The van der Waals surface area contributed by atoms with E-state index in [1.165, 1.54) is 33.8 Å². The maximum absolute atomic E-state index is 12.9. The van der Waals surface area contributed by atoms with Gasteiger partial charge in [-0.25, -0.2) is 9.07 Å². The number of fused-ring (bicyclic) bond motifs is 1. The van der Waals surface area contributed by atoms with Crippen molar-refractivity contribution in [1.82, 2.24) is 14.7 Å². The topological polar surface area (TPSA) is 64.4 Å². The van der Waals surface area contributed by atoms with Crippen LogP contribution in [0.2, 0.25) is 0 Å². The van der Waals surface area contributed by atoms with Crippen LogP contribution in [-0.4, -0.2) is 40.8 Å². The van der Waals surface area contributed by atoms with Crippen molar-refractivity contribution in [3.63, 3.8) is 0 Å². The Balaban J connectivity index is 1.63. The summed E-state index contributed by atoms with van der Waals surface area (Å²) in [6.45, 7) is 2.25. The van der Waals surface area contributed by atoms with E-state index in [9.17, 15) is 14.0 Å². The van der Waals surface area contributed by atoms with Gasteiger partial charge in [0.05, 0.1) is 17.6 Å². The highest BCUT2D eigenvalue weighted by Crippen LogP contribution is 2.12. The van der Waals surface area contributed by atoms with Crippen LogP contribution in [0.1, 0.15) is 5.69 Å². The fourth-order valence-corrected chi connectivity index (χ4v) is 2.72. The Kier molecular flexibility index (Phi) is 5.49. The van der Waals surface area contributed by atoms with E-state index in [1.54, 1.807) is 19.2 Å². The standard InChI is InChI=1S/C20H20FN3O3/c1-14-17-5-3-4-6-18(17)20(26)24(22-14)13-19(25)23(2)11-12-27-16-9-7-15(21)8-10-16/h3-10H,11-13H2,1-2H3. The Labute approximate surface area is 155 Å². The largest absolute Gasteiger partial charge is 0.492 e. The maximum Gasteiger partial charge on any atom is 0.275 e. The molecule has 1 heterocycles. The molecule has 0 fully saturated rings. The third kappa shape index (κ3) is 4.31. The number of hydrogen-bond acceptors (Lipinski definition) is 4. The average Bonchev–Trinajstić information content (AvgIpc) is 2.67. The SMILES string of the molecule is Cc1nn(CC(=O)N(C)CCOc2ccc(F)cc2)c(=O)c2ccccc12. The molecule has 1 amide bonds. The van der Waals surface area contributed by atoms with Crippen LogP contribution in [0.15, 0.2) is 53.3 Å². The van der Waals surface area contributed by atoms with E-state index >= 15 is 0 Å². The molecule has 0 unspecified atom stereocenters. The van der Waals surface area contributed by atoms with Crippen LogP contribution in [0.25, 0.3) is 10.8 Å². The predicted octanol–water partition coefficient (Wildman–Crippen LogP) is 2.38. The van der Waals surface area contributed by atoms with Crippen molar-refractivity contribution in [3.05, 3.63) is 70.4 Å². The van der Waals surface area contributed by atoms with Crippen molar-refractivity contribution in [3.8, 4) is 5.75 Å². The molecule has 0 saturated carbocycles. The first-order valence-corrected chi connectivity index (χ1v) is 8.54. The molecule has 0 aliphatic carbocycles. The smallest absolute Gasteiger partial charge is 0.275 e. The fourth-order valence-electron chi connectivity index (χ4n) is 2.72. The number of rotatable bonds is 6. The van der Waals surface area contributed by atoms with Gasteiger partial charge in [0.25, 0.3) is 5.56 Å². The quantitative estimate of drug-likeness (QED) is 0.669. The van der Waals surface area contributed by atoms with Gasteiger partial charge in [0, 0.05) is 12.4 Å². The molecule has 2 aromatic carbocycles. The molecular weight excluding hydrogens is 349 g/mol. The summed E-state index contributed by atoms with van der Waals surface area (Å²) in [5.41, 5.74) is 0.404. The number of hydrogen-bond donors (Lipinski definition) is 0. The molecule has 0 radical (unpaired) electrons. The zero-order valence-electron chi connectivity index (χ0n) is 15.2. The summed E-state index contributed by atoms with van der Waals surface area (Å²) in [6, 6.07) is 12.9. The number of benzene rings is 2. The molecule has 27 heavy (non-hydrogen) atoms. The third-order valence-electron chi connectivity index (χ3n) is 4.27. The fraction of sp³-hybridized carbons (Fsp3) is 0.250. The molecule has 0 bridgehead atoms. The molecule has 0 spiro atoms. The molecule has 0 aliphatic heterocycles. The Bertz CT molecular complexity index is 1020. The number of nitrogens with zero attached hydrogens (tertiary/aromatic N) is 3. The van der Waals surface area contributed by atoms with Crippen LogP contribution < -0.4 is 10.3 Å². The Morgan fingerprint density at radius 3 is 2.52 bits per heavy atom. The third-order valence-corrected chi connectivity index (χ3v) is 4.27. The molecule has 0 N–H and O–H groups in total. The minimum Gasteiger partial charge on any atom is -0.492 e. The average molecular weight is 369 g/mol. The molecular formula is C20H20FN3O3. The van der Waals surface area contributed by atoms with Gasteiger partial charge in [-0.3, -0.25) is 9.59 Å². The van der Waals surface area contributed by atoms with Crippen molar-refractivity contribution >= 4 is 16.7 Å². The van der Waals surface area contributed by atoms with Gasteiger partial charge in [0.2, 0.25) is 5.91 Å². The molecule has 3 aromatic rings. The highest BCUT2D eigenvalue weighted by molar-refractivity contribution is 5.83. The van der Waals surface area contributed by atoms with Crippen molar-refractivity contribution in [2.24, 2.45) is 0 Å². The normalized spacial score (nSPS) is 10.8. The zero-order chi connectivity index (χ0) is 19.4. The van der Waals surface area contributed by atoms with Crippen molar-refractivity contribution in [2.45, 2.75) is 13.5 Å². The van der Waals surface area contributed by atoms with Gasteiger partial charge in [-0.2, -0.15) is 5.10 Å². The molecule has 3 rings (SSSR count). The number of likely N-dealkylation sites (N-methyl/N-ethyl adjacent to an activating group) is 1. The molecule has 0 saturated heterocycles. The Hall–Kier alpha value is -3.22. The lowest BCUT2D eigenvalue weighted by Crippen LogP contribution is -2.37. The summed E-state index contributed by atoms with van der Waals surface area (Å²) in [5.74, 6) is -0.0551. The van der Waals surface area contributed by atoms with E-state index in [4.69, 9.17) is 4.74 Å². The number of aryl methyl sites for hydroxylation is 1. The van der Waals surface area contributed by atoms with Crippen molar-refractivity contribution < 1.29 is 13.9 Å². The number of amides is 1. The summed E-state index contributed by atoms with van der Waals surface area (Å²) in [5, 5.41) is 5.58. The van der Waals surface area contributed by atoms with Gasteiger partial charge >= 0.3 is 0 Å². The minimum atomic E-state index is -0.335. The predicted molar refractivity (Wildman–Crippen MR) is 100 cm³/mol. The van der Waals surface area contributed by atoms with E-state index in [0.29, 0.717) is 23.4 Å². The molecule has 0 aliphatic rings. The highest BCUT2D eigenvalue weighted by Gasteiger charge is 2.14. The van der Waals surface area contributed by atoms with E-state index in [-0.39, 0.29) is 30.4 Å². The number of aromatic nitrogens is 2. The van der Waals surface area contributed by atoms with Gasteiger partial charge in [-0.05, 0) is 37.3 Å². The molecule has 7 heteroatoms. The summed E-state index contributed by atoms with van der Waals surface area (Å²) >= 11 is 0. The second-order valence-corrected chi connectivity index (χ2v) is 6.21. The van der Waals surface area contributed by atoms with Gasteiger partial charge in [-0.1, -0.05) is 18.2 Å². The van der Waals surface area contributed by atoms with E-state index in [0.717, 1.165) is 5.39 Å². The van der Waals surface area contributed by atoms with Crippen LogP contribution in [0, 0.1) is 12.7 Å². The Morgan fingerprint density at radius 2 is 1.81 bits per heavy atom. The lowest BCUT2D eigenvalue weighted by Gasteiger charge is -2.18. The lowest BCUT2D eigenvalue weighted by atomic mass is 10.1. The second-order valence-electron chi connectivity index (χ2n) is 6.21. The van der Waals surface area contributed by atoms with E-state index in [1.807, 2.05) is 19.1 Å². The number of halogens is 1. The first kappa shape index (κ1) is 18.6. The van der Waals surface area contributed by atoms with Crippen LogP contribution in [-0.2, 0) is 11.3 Å². The molecule has 6 nitrogen and oxygen atoms in total. The molecule has 140 valence electrons. The van der Waals surface area contributed by atoms with Gasteiger partial charge in [-0.15, -0.1) is 0 Å². The van der Waals surface area contributed by atoms with Gasteiger partial charge in [0.15, 0.2) is 0 Å². The Morgan fingerprint density at radius 1 is 1.15 bits per heavy atom. The van der Waals surface area contributed by atoms with Crippen LogP contribution >= 0.6 is 0 Å². The van der Waals surface area contributed by atoms with Crippen LogP contribution in [0.4, 0.5) is 4.39 Å². The number of carbonyl (C=O) groups excluding carboxylic acids is 1. The summed E-state index contributed by atoms with van der Waals surface area (Å²) in [4.78, 5) is 26.4. The van der Waals surface area contributed by atoms with Gasteiger partial charge in [0.1, 0.15) is 24.7 Å². The molecule has 1 aromatic heterocycles. The van der Waals surface area contributed by atoms with E-state index < -0.39 is 0 Å².